The molecule has 0 aromatic rings. The quantitative estimate of drug-likeness (QED) is 0.798. The van der Waals surface area contributed by atoms with Crippen LogP contribution in [0.2, 0.25) is 0 Å². The van der Waals surface area contributed by atoms with Crippen LogP contribution in [0.25, 0.3) is 0 Å². The number of rotatable bonds is 3. The highest BCUT2D eigenvalue weighted by atomic mass is 32.2. The lowest BCUT2D eigenvalue weighted by Gasteiger charge is -2.25. The van der Waals surface area contributed by atoms with Gasteiger partial charge in [0.05, 0.1) is 11.9 Å². The molecule has 1 atom stereocenters. The van der Waals surface area contributed by atoms with Crippen molar-refractivity contribution in [1.29, 1.82) is 0 Å². The largest absolute Gasteiger partial charge is 0.295 e. The van der Waals surface area contributed by atoms with E-state index in [4.69, 9.17) is 0 Å². The molecule has 0 aliphatic carbocycles. The summed E-state index contributed by atoms with van der Waals surface area (Å²) in [6.45, 7) is 12.5. The number of carbonyl (C=O) groups is 2. The molecule has 1 unspecified atom stereocenters. The highest BCUT2D eigenvalue weighted by Crippen LogP contribution is 2.34. The van der Waals surface area contributed by atoms with E-state index in [0.717, 1.165) is 0 Å². The fourth-order valence-corrected chi connectivity index (χ4v) is 2.96. The molecule has 0 aromatic heterocycles. The second kappa shape index (κ2) is 5.21. The molecule has 1 heterocycles. The summed E-state index contributed by atoms with van der Waals surface area (Å²) in [6, 6.07) is 0. The first-order valence-corrected chi connectivity index (χ1v) is 7.15. The molecule has 0 radical (unpaired) electrons. The predicted octanol–water partition coefficient (Wildman–Crippen LogP) is 1.99. The highest BCUT2D eigenvalue weighted by Gasteiger charge is 2.40. The minimum atomic E-state index is -0.223. The summed E-state index contributed by atoms with van der Waals surface area (Å²) in [5.74, 6) is -0.129. The Morgan fingerprint density at radius 1 is 1.22 bits per heavy atom. The van der Waals surface area contributed by atoms with Gasteiger partial charge in [-0.1, -0.05) is 20.8 Å². The highest BCUT2D eigenvalue weighted by molar-refractivity contribution is 8.01. The Kier molecular flexibility index (Phi) is 4.49. The molecule has 1 rings (SSSR count). The van der Waals surface area contributed by atoms with Crippen LogP contribution in [0, 0.1) is 0 Å². The zero-order valence-electron chi connectivity index (χ0n) is 12.2. The van der Waals surface area contributed by atoms with Gasteiger partial charge < -0.3 is 0 Å². The fraction of sp³-hybridized carbons (Fsp3) is 0.846. The normalized spacial score (nSPS) is 21.9. The number of nitrogens with zero attached hydrogens (tertiary/aromatic N) is 1. The minimum absolute atomic E-state index is 0.00588. The topological polar surface area (TPSA) is 49.4 Å². The third kappa shape index (κ3) is 4.61. The first kappa shape index (κ1) is 15.5. The monoisotopic (exact) mass is 272 g/mol. The molecule has 0 bridgehead atoms. The van der Waals surface area contributed by atoms with Gasteiger partial charge in [-0.3, -0.25) is 19.8 Å². The molecule has 0 aromatic carbocycles. The van der Waals surface area contributed by atoms with E-state index in [9.17, 15) is 9.59 Å². The van der Waals surface area contributed by atoms with Crippen LogP contribution in [-0.2, 0) is 9.59 Å². The van der Waals surface area contributed by atoms with E-state index in [1.165, 1.54) is 4.90 Å². The summed E-state index contributed by atoms with van der Waals surface area (Å²) in [5.41, 5.74) is -0.101. The fourth-order valence-electron chi connectivity index (χ4n) is 1.65. The van der Waals surface area contributed by atoms with Crippen LogP contribution in [-0.4, -0.2) is 38.9 Å². The van der Waals surface area contributed by atoms with Gasteiger partial charge in [0, 0.05) is 16.7 Å². The molecule has 1 fully saturated rings. The summed E-state index contributed by atoms with van der Waals surface area (Å²) in [7, 11) is 0. The van der Waals surface area contributed by atoms with Crippen molar-refractivity contribution in [3.8, 4) is 0 Å². The summed E-state index contributed by atoms with van der Waals surface area (Å²) in [5, 5.41) is 2.96. The summed E-state index contributed by atoms with van der Waals surface area (Å²) in [6.07, 6.45) is 0.326. The van der Waals surface area contributed by atoms with Crippen molar-refractivity contribution in [1.82, 2.24) is 10.2 Å². The molecule has 1 aliphatic rings. The average molecular weight is 272 g/mol. The van der Waals surface area contributed by atoms with Gasteiger partial charge in [-0.2, -0.15) is 0 Å². The van der Waals surface area contributed by atoms with Crippen LogP contribution >= 0.6 is 11.8 Å². The number of nitrogens with one attached hydrogen (secondary N) is 1. The van der Waals surface area contributed by atoms with Gasteiger partial charge in [-0.25, -0.2) is 0 Å². The van der Waals surface area contributed by atoms with E-state index in [1.54, 1.807) is 11.8 Å². The van der Waals surface area contributed by atoms with Crippen molar-refractivity contribution in [2.45, 2.75) is 63.5 Å². The second-order valence-corrected chi connectivity index (χ2v) is 8.70. The van der Waals surface area contributed by atoms with Gasteiger partial charge in [-0.05, 0) is 20.8 Å². The Hall–Kier alpha value is -0.550. The number of amides is 2. The van der Waals surface area contributed by atoms with E-state index in [2.05, 4.69) is 26.1 Å². The van der Waals surface area contributed by atoms with Crippen molar-refractivity contribution in [2.75, 3.05) is 6.67 Å². The Morgan fingerprint density at radius 3 is 2.22 bits per heavy atom. The van der Waals surface area contributed by atoms with Crippen molar-refractivity contribution >= 4 is 23.6 Å². The smallest absolute Gasteiger partial charge is 0.243 e. The average Bonchev–Trinajstić information content (AvgIpc) is 2.35. The molecule has 1 saturated heterocycles. The van der Waals surface area contributed by atoms with Crippen molar-refractivity contribution in [3.05, 3.63) is 0 Å². The number of hydrogen-bond acceptors (Lipinski definition) is 4. The van der Waals surface area contributed by atoms with Crippen LogP contribution < -0.4 is 5.32 Å². The summed E-state index contributed by atoms with van der Waals surface area (Å²) >= 11 is 1.57. The molecule has 0 saturated carbocycles. The Labute approximate surface area is 114 Å². The maximum Gasteiger partial charge on any atom is 0.243 e. The lowest BCUT2D eigenvalue weighted by Crippen LogP contribution is -2.46. The molecule has 1 aliphatic heterocycles. The number of carbonyl (C=O) groups excluding carboxylic acids is 2. The Balaban J connectivity index is 2.62. The molecule has 2 amide bonds. The number of likely N-dealkylation sites (tertiary alicyclic amines) is 1. The van der Waals surface area contributed by atoms with E-state index in [1.807, 2.05) is 20.8 Å². The van der Waals surface area contributed by atoms with Crippen molar-refractivity contribution in [3.63, 3.8) is 0 Å². The van der Waals surface area contributed by atoms with Gasteiger partial charge in [0.1, 0.15) is 0 Å². The van der Waals surface area contributed by atoms with E-state index in [-0.39, 0.29) is 27.4 Å². The van der Waals surface area contributed by atoms with E-state index >= 15 is 0 Å². The molecule has 18 heavy (non-hydrogen) atoms. The van der Waals surface area contributed by atoms with Gasteiger partial charge in [0.15, 0.2) is 0 Å². The van der Waals surface area contributed by atoms with Crippen LogP contribution in [0.4, 0.5) is 0 Å². The van der Waals surface area contributed by atoms with Crippen molar-refractivity contribution in [2.24, 2.45) is 0 Å². The molecular formula is C13H24N2O2S. The lowest BCUT2D eigenvalue weighted by atomic mass is 10.1. The number of hydrogen-bond donors (Lipinski definition) is 1. The number of thioether (sulfide) groups is 1. The molecule has 104 valence electrons. The van der Waals surface area contributed by atoms with Crippen LogP contribution in [0.1, 0.15) is 48.0 Å². The first-order chi connectivity index (χ1) is 7.99. The molecule has 5 heteroatoms. The van der Waals surface area contributed by atoms with Gasteiger partial charge >= 0.3 is 0 Å². The van der Waals surface area contributed by atoms with Gasteiger partial charge in [-0.15, -0.1) is 11.8 Å². The third-order valence-corrected chi connectivity index (χ3v) is 3.83. The van der Waals surface area contributed by atoms with E-state index in [0.29, 0.717) is 13.1 Å². The molecule has 1 N–H and O–H groups in total. The van der Waals surface area contributed by atoms with Gasteiger partial charge in [0.25, 0.3) is 0 Å². The Bertz CT molecular complexity index is 342. The second-order valence-electron chi connectivity index (χ2n) is 6.67. The molecule has 4 nitrogen and oxygen atoms in total. The first-order valence-electron chi connectivity index (χ1n) is 6.27. The maximum atomic E-state index is 12.2. The third-order valence-electron chi connectivity index (χ3n) is 2.47. The van der Waals surface area contributed by atoms with Crippen molar-refractivity contribution < 1.29 is 9.59 Å². The van der Waals surface area contributed by atoms with Crippen LogP contribution in [0.5, 0.6) is 0 Å². The minimum Gasteiger partial charge on any atom is -0.295 e. The van der Waals surface area contributed by atoms with Crippen LogP contribution in [0.3, 0.4) is 0 Å². The molecular weight excluding hydrogens is 248 g/mol. The van der Waals surface area contributed by atoms with Crippen LogP contribution in [0.15, 0.2) is 0 Å². The SMILES string of the molecule is CC(C)(C)NCN1C(=O)CC(SC(C)(C)C)C1=O. The maximum absolute atomic E-state index is 12.2. The van der Waals surface area contributed by atoms with Gasteiger partial charge in [0.2, 0.25) is 11.8 Å². The summed E-state index contributed by atoms with van der Waals surface area (Å²) in [4.78, 5) is 25.3. The zero-order chi connectivity index (χ0) is 14.1. The predicted molar refractivity (Wildman–Crippen MR) is 75.4 cm³/mol. The zero-order valence-corrected chi connectivity index (χ0v) is 13.0. The lowest BCUT2D eigenvalue weighted by molar-refractivity contribution is -0.138. The number of imide groups is 1. The molecule has 0 spiro atoms. The standard InChI is InChI=1S/C13H24N2O2S/c1-12(2,3)14-8-15-10(16)7-9(11(15)17)18-13(4,5)6/h9,14H,7-8H2,1-6H3. The Morgan fingerprint density at radius 2 is 1.78 bits per heavy atom. The van der Waals surface area contributed by atoms with E-state index < -0.39 is 0 Å². The summed E-state index contributed by atoms with van der Waals surface area (Å²) < 4.78 is -0.00588.